The highest BCUT2D eigenvalue weighted by molar-refractivity contribution is 5.87. The third-order valence-electron chi connectivity index (χ3n) is 5.40. The zero-order valence-electron chi connectivity index (χ0n) is 14.7. The molecular weight excluding hydrogens is 330 g/mol. The minimum absolute atomic E-state index is 0.0753. The molecule has 3 atom stereocenters. The fourth-order valence-corrected chi connectivity index (χ4v) is 4.16. The number of methoxy groups -OCH3 is 2. The quantitative estimate of drug-likeness (QED) is 0.807. The molecule has 0 spiro atoms. The van der Waals surface area contributed by atoms with Gasteiger partial charge in [-0.05, 0) is 42.2 Å². The normalized spacial score (nSPS) is 22.9. The molecule has 0 saturated heterocycles. The van der Waals surface area contributed by atoms with Crippen molar-refractivity contribution in [1.82, 2.24) is 0 Å². The van der Waals surface area contributed by atoms with Gasteiger partial charge in [-0.25, -0.2) is 4.79 Å². The van der Waals surface area contributed by atoms with Gasteiger partial charge in [0.1, 0.15) is 11.5 Å². The summed E-state index contributed by atoms with van der Waals surface area (Å²) in [7, 11) is 3.35. The van der Waals surface area contributed by atoms with Gasteiger partial charge in [-0.1, -0.05) is 24.3 Å². The Morgan fingerprint density at radius 3 is 2.42 bits per heavy atom. The number of carbonyl (C=O) groups is 1. The number of anilines is 1. The molecule has 1 aliphatic carbocycles. The minimum atomic E-state index is -0.912. The smallest absolute Gasteiger partial charge is 0.335 e. The molecule has 4 rings (SSSR count). The van der Waals surface area contributed by atoms with E-state index in [4.69, 9.17) is 14.6 Å². The van der Waals surface area contributed by atoms with Crippen LogP contribution in [0.5, 0.6) is 11.5 Å². The van der Waals surface area contributed by atoms with Crippen LogP contribution in [0.4, 0.5) is 5.69 Å². The van der Waals surface area contributed by atoms with E-state index in [2.05, 4.69) is 17.5 Å². The number of hydrogen-bond donors (Lipinski definition) is 2. The summed E-state index contributed by atoms with van der Waals surface area (Å²) in [5.41, 5.74) is 3.45. The Morgan fingerprint density at radius 2 is 1.77 bits per heavy atom. The summed E-state index contributed by atoms with van der Waals surface area (Å²) in [5.74, 6) is 1.31. The van der Waals surface area contributed by atoms with Crippen molar-refractivity contribution in [3.8, 4) is 11.5 Å². The maximum absolute atomic E-state index is 11.1. The first-order chi connectivity index (χ1) is 12.6. The van der Waals surface area contributed by atoms with Crippen LogP contribution in [0.2, 0.25) is 0 Å². The van der Waals surface area contributed by atoms with E-state index in [1.807, 2.05) is 24.3 Å². The molecule has 0 radical (unpaired) electrons. The van der Waals surface area contributed by atoms with Crippen LogP contribution < -0.4 is 14.8 Å². The Labute approximate surface area is 152 Å². The number of ether oxygens (including phenoxy) is 2. The molecule has 2 N–H and O–H groups in total. The lowest BCUT2D eigenvalue weighted by molar-refractivity contribution is 0.0697. The average Bonchev–Trinajstić information content (AvgIpc) is 3.16. The van der Waals surface area contributed by atoms with Crippen LogP contribution in [0.15, 0.2) is 48.6 Å². The predicted molar refractivity (Wildman–Crippen MR) is 99.3 cm³/mol. The van der Waals surface area contributed by atoms with E-state index in [0.717, 1.165) is 34.7 Å². The SMILES string of the molecule is COc1ccc(OC)c2c1N[C@@H](c1ccc(C(=O)O)cc1)[C@H]1CC=C[C@@H]21. The van der Waals surface area contributed by atoms with Crippen LogP contribution >= 0.6 is 0 Å². The van der Waals surface area contributed by atoms with Crippen molar-refractivity contribution in [2.24, 2.45) is 5.92 Å². The summed E-state index contributed by atoms with van der Waals surface area (Å²) < 4.78 is 11.2. The Hall–Kier alpha value is -2.95. The average molecular weight is 351 g/mol. The topological polar surface area (TPSA) is 67.8 Å². The largest absolute Gasteiger partial charge is 0.496 e. The molecule has 0 amide bonds. The second kappa shape index (κ2) is 6.41. The lowest BCUT2D eigenvalue weighted by atomic mass is 9.76. The standard InChI is InChI=1S/C21H21NO4/c1-25-16-10-11-17(26-2)20-18(16)14-4-3-5-15(14)19(22-20)12-6-8-13(9-7-12)21(23)24/h3-4,6-11,14-15,19,22H,5H2,1-2H3,(H,23,24)/t14-,15+,19+/m1/s1. The molecule has 1 aliphatic heterocycles. The monoisotopic (exact) mass is 351 g/mol. The van der Waals surface area contributed by atoms with Crippen molar-refractivity contribution in [2.75, 3.05) is 19.5 Å². The van der Waals surface area contributed by atoms with Crippen LogP contribution in [0.3, 0.4) is 0 Å². The fraction of sp³-hybridized carbons (Fsp3) is 0.286. The summed E-state index contributed by atoms with van der Waals surface area (Å²) in [6, 6.07) is 11.1. The van der Waals surface area contributed by atoms with Crippen LogP contribution in [0.25, 0.3) is 0 Å². The maximum Gasteiger partial charge on any atom is 0.335 e. The number of hydrogen-bond acceptors (Lipinski definition) is 4. The molecule has 2 aromatic carbocycles. The number of rotatable bonds is 4. The van der Waals surface area contributed by atoms with Gasteiger partial charge in [-0.3, -0.25) is 0 Å². The second-order valence-corrected chi connectivity index (χ2v) is 6.66. The summed E-state index contributed by atoms with van der Waals surface area (Å²) in [5, 5.41) is 12.8. The molecule has 5 nitrogen and oxygen atoms in total. The first-order valence-corrected chi connectivity index (χ1v) is 8.65. The molecule has 0 unspecified atom stereocenters. The molecule has 0 aromatic heterocycles. The Bertz CT molecular complexity index is 872. The molecule has 26 heavy (non-hydrogen) atoms. The number of benzene rings is 2. The van der Waals surface area contributed by atoms with Crippen molar-refractivity contribution in [3.63, 3.8) is 0 Å². The van der Waals surface area contributed by atoms with Gasteiger partial charge in [0, 0.05) is 11.5 Å². The predicted octanol–water partition coefficient (Wildman–Crippen LogP) is 4.23. The number of carboxylic acid groups (broad SMARTS) is 1. The second-order valence-electron chi connectivity index (χ2n) is 6.66. The van der Waals surface area contributed by atoms with Crippen molar-refractivity contribution >= 4 is 11.7 Å². The van der Waals surface area contributed by atoms with Gasteiger partial charge < -0.3 is 19.9 Å². The summed E-state index contributed by atoms with van der Waals surface area (Å²) in [6.45, 7) is 0. The molecular formula is C21H21NO4. The van der Waals surface area contributed by atoms with Crippen molar-refractivity contribution in [1.29, 1.82) is 0 Å². The van der Waals surface area contributed by atoms with Crippen LogP contribution in [0, 0.1) is 5.92 Å². The molecule has 1 heterocycles. The van der Waals surface area contributed by atoms with Gasteiger partial charge in [0.05, 0.1) is 31.5 Å². The lowest BCUT2D eigenvalue weighted by Crippen LogP contribution is -2.29. The van der Waals surface area contributed by atoms with Gasteiger partial charge in [0.15, 0.2) is 0 Å². The van der Waals surface area contributed by atoms with Gasteiger partial charge in [0.2, 0.25) is 0 Å². The van der Waals surface area contributed by atoms with E-state index in [1.54, 1.807) is 26.4 Å². The van der Waals surface area contributed by atoms with E-state index in [1.165, 1.54) is 0 Å². The van der Waals surface area contributed by atoms with Crippen molar-refractivity contribution < 1.29 is 19.4 Å². The van der Waals surface area contributed by atoms with E-state index in [-0.39, 0.29) is 12.0 Å². The van der Waals surface area contributed by atoms with E-state index in [9.17, 15) is 4.79 Å². The molecule has 2 aromatic rings. The fourth-order valence-electron chi connectivity index (χ4n) is 4.16. The minimum Gasteiger partial charge on any atom is -0.496 e. The number of nitrogens with one attached hydrogen (secondary N) is 1. The highest BCUT2D eigenvalue weighted by atomic mass is 16.5. The highest BCUT2D eigenvalue weighted by Gasteiger charge is 2.40. The summed E-state index contributed by atoms with van der Waals surface area (Å²) in [4.78, 5) is 11.1. The first kappa shape index (κ1) is 16.5. The van der Waals surface area contributed by atoms with Crippen LogP contribution in [-0.2, 0) is 0 Å². The van der Waals surface area contributed by atoms with Gasteiger partial charge in [0.25, 0.3) is 0 Å². The Balaban J connectivity index is 1.80. The van der Waals surface area contributed by atoms with Gasteiger partial charge >= 0.3 is 5.97 Å². The van der Waals surface area contributed by atoms with Gasteiger partial charge in [-0.15, -0.1) is 0 Å². The zero-order valence-corrected chi connectivity index (χ0v) is 14.7. The van der Waals surface area contributed by atoms with Crippen LogP contribution in [0.1, 0.15) is 39.9 Å². The molecule has 134 valence electrons. The van der Waals surface area contributed by atoms with Crippen molar-refractivity contribution in [3.05, 3.63) is 65.2 Å². The molecule has 0 bridgehead atoms. The van der Waals surface area contributed by atoms with E-state index in [0.29, 0.717) is 11.5 Å². The Kier molecular flexibility index (Phi) is 4.07. The Morgan fingerprint density at radius 1 is 1.08 bits per heavy atom. The maximum atomic E-state index is 11.1. The van der Waals surface area contributed by atoms with Crippen LogP contribution in [-0.4, -0.2) is 25.3 Å². The number of fused-ring (bicyclic) bond motifs is 3. The zero-order chi connectivity index (χ0) is 18.3. The third-order valence-corrected chi connectivity index (χ3v) is 5.40. The molecule has 0 saturated carbocycles. The van der Waals surface area contributed by atoms with Gasteiger partial charge in [-0.2, -0.15) is 0 Å². The highest BCUT2D eigenvalue weighted by Crippen LogP contribution is 2.55. The molecule has 5 heteroatoms. The summed E-state index contributed by atoms with van der Waals surface area (Å²) >= 11 is 0. The number of carboxylic acids is 1. The number of allylic oxidation sites excluding steroid dienone is 2. The molecule has 0 fully saturated rings. The summed E-state index contributed by atoms with van der Waals surface area (Å²) in [6.07, 6.45) is 5.41. The van der Waals surface area contributed by atoms with E-state index < -0.39 is 5.97 Å². The van der Waals surface area contributed by atoms with E-state index >= 15 is 0 Å². The molecule has 2 aliphatic rings. The lowest BCUT2D eigenvalue weighted by Gasteiger charge is -2.38. The number of aromatic carboxylic acids is 1. The first-order valence-electron chi connectivity index (χ1n) is 8.65. The van der Waals surface area contributed by atoms with Crippen molar-refractivity contribution in [2.45, 2.75) is 18.4 Å². The third kappa shape index (κ3) is 2.51.